The zero-order valence-electron chi connectivity index (χ0n) is 17.5. The van der Waals surface area contributed by atoms with Crippen LogP contribution in [0.4, 0.5) is 0 Å². The molecule has 0 spiro atoms. The number of nitrogens with zero attached hydrogens (tertiary/aromatic N) is 2. The highest BCUT2D eigenvalue weighted by Crippen LogP contribution is 2.27. The Labute approximate surface area is 178 Å². The van der Waals surface area contributed by atoms with Gasteiger partial charge in [0.25, 0.3) is 0 Å². The van der Waals surface area contributed by atoms with Gasteiger partial charge >= 0.3 is 0 Å². The second kappa shape index (κ2) is 9.57. The van der Waals surface area contributed by atoms with Crippen LogP contribution in [0.25, 0.3) is 11.1 Å². The van der Waals surface area contributed by atoms with Crippen molar-refractivity contribution in [1.29, 1.82) is 0 Å². The Balaban J connectivity index is 1.33. The second-order valence-electron chi connectivity index (χ2n) is 7.82. The first-order valence-corrected chi connectivity index (χ1v) is 10.7. The zero-order chi connectivity index (χ0) is 20.8. The van der Waals surface area contributed by atoms with Crippen LogP contribution in [0.2, 0.25) is 0 Å². The summed E-state index contributed by atoms with van der Waals surface area (Å²) in [5.41, 5.74) is 4.69. The molecule has 0 N–H and O–H groups in total. The molecule has 2 aromatic carbocycles. The Hall–Kier alpha value is -3.14. The van der Waals surface area contributed by atoms with Crippen LogP contribution < -0.4 is 4.74 Å². The summed E-state index contributed by atoms with van der Waals surface area (Å²) in [6, 6.07) is 20.8. The fraction of sp³-hybridized carbons (Fsp3) is 0.308. The number of ether oxygens (including phenoxy) is 1. The first kappa shape index (κ1) is 20.1. The van der Waals surface area contributed by atoms with E-state index in [0.717, 1.165) is 43.7 Å². The Morgan fingerprint density at radius 2 is 1.73 bits per heavy atom. The van der Waals surface area contributed by atoms with Crippen molar-refractivity contribution in [3.63, 3.8) is 0 Å². The molecule has 0 unspecified atom stereocenters. The minimum absolute atomic E-state index is 0.143. The zero-order valence-corrected chi connectivity index (χ0v) is 17.5. The lowest BCUT2D eigenvalue weighted by Crippen LogP contribution is -2.42. The third-order valence-electron chi connectivity index (χ3n) is 5.68. The van der Waals surface area contributed by atoms with Crippen LogP contribution in [-0.4, -0.2) is 35.0 Å². The van der Waals surface area contributed by atoms with E-state index < -0.39 is 0 Å². The van der Waals surface area contributed by atoms with Gasteiger partial charge in [0.1, 0.15) is 11.9 Å². The van der Waals surface area contributed by atoms with Crippen molar-refractivity contribution in [2.75, 3.05) is 13.1 Å². The number of likely N-dealkylation sites (tertiary alicyclic amines) is 1. The summed E-state index contributed by atoms with van der Waals surface area (Å²) in [6.07, 6.45) is 6.79. The van der Waals surface area contributed by atoms with Crippen molar-refractivity contribution in [3.8, 4) is 16.9 Å². The number of hydrogen-bond acceptors (Lipinski definition) is 3. The maximum Gasteiger partial charge on any atom is 0.227 e. The number of aryl methyl sites for hydroxylation is 1. The summed E-state index contributed by atoms with van der Waals surface area (Å²) in [5.74, 6) is 1.06. The lowest BCUT2D eigenvalue weighted by Gasteiger charge is -2.32. The number of rotatable bonds is 6. The van der Waals surface area contributed by atoms with Crippen molar-refractivity contribution >= 4 is 5.91 Å². The van der Waals surface area contributed by atoms with Crippen molar-refractivity contribution in [2.24, 2.45) is 0 Å². The Morgan fingerprint density at radius 1 is 1.00 bits per heavy atom. The molecular formula is C26H28N2O2. The van der Waals surface area contributed by atoms with E-state index in [4.69, 9.17) is 4.74 Å². The molecular weight excluding hydrogens is 372 g/mol. The maximum absolute atomic E-state index is 12.5. The molecule has 4 rings (SSSR count). The number of amides is 1. The number of carbonyl (C=O) groups is 1. The van der Waals surface area contributed by atoms with Crippen LogP contribution in [0.15, 0.2) is 73.1 Å². The molecule has 1 saturated heterocycles. The normalized spacial score (nSPS) is 14.5. The van der Waals surface area contributed by atoms with E-state index in [1.165, 1.54) is 16.7 Å². The van der Waals surface area contributed by atoms with Gasteiger partial charge in [-0.05, 0) is 46.9 Å². The van der Waals surface area contributed by atoms with E-state index in [0.29, 0.717) is 6.42 Å². The topological polar surface area (TPSA) is 42.4 Å². The van der Waals surface area contributed by atoms with Crippen molar-refractivity contribution in [2.45, 2.75) is 38.7 Å². The van der Waals surface area contributed by atoms with E-state index in [9.17, 15) is 4.79 Å². The molecule has 0 bridgehead atoms. The largest absolute Gasteiger partial charge is 0.490 e. The standard InChI is InChI=1S/C26H28N2O2/c1-2-20-6-3-8-22(16-20)23-9-4-10-25(18-23)30-24-11-14-28(15-12-24)26(29)17-21-7-5-13-27-19-21/h3-10,13,16,18-19,24H,2,11-12,14-15,17H2,1H3. The minimum atomic E-state index is 0.143. The van der Waals surface area contributed by atoms with E-state index in [-0.39, 0.29) is 12.0 Å². The SMILES string of the molecule is CCc1cccc(-c2cccc(OC3CCN(C(=O)Cc4cccnc4)CC3)c2)c1. The fourth-order valence-electron chi connectivity index (χ4n) is 3.92. The van der Waals surface area contributed by atoms with E-state index in [1.54, 1.807) is 12.4 Å². The molecule has 0 atom stereocenters. The Kier molecular flexibility index (Phi) is 6.43. The van der Waals surface area contributed by atoms with Gasteiger partial charge in [0, 0.05) is 38.3 Å². The minimum Gasteiger partial charge on any atom is -0.490 e. The molecule has 1 fully saturated rings. The molecule has 2 heterocycles. The molecule has 154 valence electrons. The highest BCUT2D eigenvalue weighted by molar-refractivity contribution is 5.78. The lowest BCUT2D eigenvalue weighted by atomic mass is 10.0. The van der Waals surface area contributed by atoms with E-state index in [2.05, 4.69) is 54.4 Å². The molecule has 1 aliphatic rings. The first-order valence-electron chi connectivity index (χ1n) is 10.7. The van der Waals surface area contributed by atoms with Gasteiger partial charge in [-0.25, -0.2) is 0 Å². The van der Waals surface area contributed by atoms with Gasteiger partial charge in [0.15, 0.2) is 0 Å². The summed E-state index contributed by atoms with van der Waals surface area (Å²) in [7, 11) is 0. The van der Waals surface area contributed by atoms with Gasteiger partial charge in [0.05, 0.1) is 6.42 Å². The fourth-order valence-corrected chi connectivity index (χ4v) is 3.92. The first-order chi connectivity index (χ1) is 14.7. The third-order valence-corrected chi connectivity index (χ3v) is 5.68. The predicted octanol–water partition coefficient (Wildman–Crippen LogP) is 4.92. The quantitative estimate of drug-likeness (QED) is 0.590. The number of benzene rings is 2. The average Bonchev–Trinajstić information content (AvgIpc) is 2.80. The van der Waals surface area contributed by atoms with Gasteiger partial charge in [0.2, 0.25) is 5.91 Å². The molecule has 1 aliphatic heterocycles. The summed E-state index contributed by atoms with van der Waals surface area (Å²) in [4.78, 5) is 18.6. The smallest absolute Gasteiger partial charge is 0.227 e. The molecule has 3 aromatic rings. The Morgan fingerprint density at radius 3 is 2.47 bits per heavy atom. The number of pyridine rings is 1. The second-order valence-corrected chi connectivity index (χ2v) is 7.82. The van der Waals surface area contributed by atoms with Crippen LogP contribution in [0.3, 0.4) is 0 Å². The summed E-state index contributed by atoms with van der Waals surface area (Å²) >= 11 is 0. The predicted molar refractivity (Wildman–Crippen MR) is 119 cm³/mol. The molecule has 4 nitrogen and oxygen atoms in total. The number of aromatic nitrogens is 1. The highest BCUT2D eigenvalue weighted by atomic mass is 16.5. The monoisotopic (exact) mass is 400 g/mol. The van der Waals surface area contributed by atoms with Crippen molar-refractivity contribution < 1.29 is 9.53 Å². The molecule has 0 aliphatic carbocycles. The number of carbonyl (C=O) groups excluding carboxylic acids is 1. The summed E-state index contributed by atoms with van der Waals surface area (Å²) in [6.45, 7) is 3.65. The summed E-state index contributed by atoms with van der Waals surface area (Å²) in [5, 5.41) is 0. The Bertz CT molecular complexity index is 979. The van der Waals surface area contributed by atoms with Crippen molar-refractivity contribution in [1.82, 2.24) is 9.88 Å². The maximum atomic E-state index is 12.5. The van der Waals surface area contributed by atoms with Crippen LogP contribution in [0, 0.1) is 0 Å². The summed E-state index contributed by atoms with van der Waals surface area (Å²) < 4.78 is 6.27. The molecule has 1 amide bonds. The highest BCUT2D eigenvalue weighted by Gasteiger charge is 2.24. The van der Waals surface area contributed by atoms with Crippen LogP contribution in [-0.2, 0) is 17.6 Å². The van der Waals surface area contributed by atoms with E-state index >= 15 is 0 Å². The molecule has 0 saturated carbocycles. The third kappa shape index (κ3) is 5.07. The number of hydrogen-bond donors (Lipinski definition) is 0. The van der Waals surface area contributed by atoms with E-state index in [1.807, 2.05) is 23.1 Å². The molecule has 30 heavy (non-hydrogen) atoms. The molecule has 1 aromatic heterocycles. The number of piperidine rings is 1. The van der Waals surface area contributed by atoms with Crippen LogP contribution in [0.5, 0.6) is 5.75 Å². The van der Waals surface area contributed by atoms with Crippen LogP contribution in [0.1, 0.15) is 30.9 Å². The van der Waals surface area contributed by atoms with Crippen LogP contribution >= 0.6 is 0 Å². The van der Waals surface area contributed by atoms with Gasteiger partial charge in [-0.15, -0.1) is 0 Å². The van der Waals surface area contributed by atoms with Gasteiger partial charge < -0.3 is 9.64 Å². The van der Waals surface area contributed by atoms with Gasteiger partial charge in [-0.1, -0.05) is 49.4 Å². The lowest BCUT2D eigenvalue weighted by molar-refractivity contribution is -0.132. The average molecular weight is 401 g/mol. The van der Waals surface area contributed by atoms with Crippen molar-refractivity contribution in [3.05, 3.63) is 84.2 Å². The molecule has 4 heteroatoms. The van der Waals surface area contributed by atoms with Gasteiger partial charge in [-0.3, -0.25) is 9.78 Å². The molecule has 0 radical (unpaired) electrons. The van der Waals surface area contributed by atoms with Gasteiger partial charge in [-0.2, -0.15) is 0 Å².